The van der Waals surface area contributed by atoms with E-state index in [0.717, 1.165) is 61.8 Å². The summed E-state index contributed by atoms with van der Waals surface area (Å²) in [6.07, 6.45) is 1.20. The summed E-state index contributed by atoms with van der Waals surface area (Å²) in [6, 6.07) is 10.4. The number of aromatic hydroxyl groups is 1. The van der Waals surface area contributed by atoms with Crippen molar-refractivity contribution in [3.05, 3.63) is 70.2 Å². The quantitative estimate of drug-likeness (QED) is 0.243. The van der Waals surface area contributed by atoms with Gasteiger partial charge in [-0.25, -0.2) is 27.5 Å². The zero-order valence-electron chi connectivity index (χ0n) is 21.0. The van der Waals surface area contributed by atoms with Crippen molar-refractivity contribution in [3.8, 4) is 11.7 Å². The van der Waals surface area contributed by atoms with E-state index < -0.39 is 26.7 Å². The van der Waals surface area contributed by atoms with Crippen LogP contribution in [0.3, 0.4) is 0 Å². The van der Waals surface area contributed by atoms with Crippen molar-refractivity contribution in [3.63, 3.8) is 0 Å². The molecule has 1 aliphatic heterocycles. The number of nitrogens with zero attached hydrogens (tertiary/aromatic N) is 3. The first-order chi connectivity index (χ1) is 19.2. The van der Waals surface area contributed by atoms with Crippen LogP contribution in [0.15, 0.2) is 63.7 Å². The number of hydrogen-bond acceptors (Lipinski definition) is 10. The van der Waals surface area contributed by atoms with E-state index in [4.69, 9.17) is 4.74 Å². The summed E-state index contributed by atoms with van der Waals surface area (Å²) in [5.41, 5.74) is 0.418. The first-order valence-corrected chi connectivity index (χ1v) is 14.5. The van der Waals surface area contributed by atoms with Crippen LogP contribution in [0.1, 0.15) is 0 Å². The summed E-state index contributed by atoms with van der Waals surface area (Å²) in [5, 5.41) is 16.8. The molecule has 4 N–H and O–H groups in total. The zero-order valence-corrected chi connectivity index (χ0v) is 22.6. The molecule has 1 aromatic carbocycles. The maximum absolute atomic E-state index is 13.2. The molecule has 0 saturated carbocycles. The Morgan fingerprint density at radius 3 is 2.58 bits per heavy atom. The SMILES string of the molecule is O=C(Nc1ccc(-n2c(O)c3ccc(NCCN4CCOCC4)cc3cc2=O)nc1)NS(=O)(=O)c1ccc(F)s1. The van der Waals surface area contributed by atoms with Crippen molar-refractivity contribution < 1.29 is 27.4 Å². The van der Waals surface area contributed by atoms with Crippen LogP contribution >= 0.6 is 11.3 Å². The molecule has 4 aromatic rings. The molecular formula is C25H25FN6O6S2. The molecule has 12 nitrogen and oxygen atoms in total. The van der Waals surface area contributed by atoms with Crippen LogP contribution < -0.4 is 20.9 Å². The van der Waals surface area contributed by atoms with E-state index in [9.17, 15) is 27.5 Å². The van der Waals surface area contributed by atoms with E-state index in [1.165, 1.54) is 24.4 Å². The molecule has 0 bridgehead atoms. The van der Waals surface area contributed by atoms with Crippen molar-refractivity contribution in [1.82, 2.24) is 19.2 Å². The van der Waals surface area contributed by atoms with Crippen molar-refractivity contribution in [2.24, 2.45) is 0 Å². The highest BCUT2D eigenvalue weighted by molar-refractivity contribution is 7.92. The van der Waals surface area contributed by atoms with Crippen LogP contribution in [0.4, 0.5) is 20.6 Å². The van der Waals surface area contributed by atoms with Crippen LogP contribution in [-0.2, 0) is 14.8 Å². The lowest BCUT2D eigenvalue weighted by Crippen LogP contribution is -2.38. The van der Waals surface area contributed by atoms with Gasteiger partial charge in [-0.3, -0.25) is 9.69 Å². The highest BCUT2D eigenvalue weighted by Crippen LogP contribution is 2.27. The smallest absolute Gasteiger partial charge is 0.333 e. The fourth-order valence-electron chi connectivity index (χ4n) is 4.19. The highest BCUT2D eigenvalue weighted by Gasteiger charge is 2.20. The summed E-state index contributed by atoms with van der Waals surface area (Å²) in [4.78, 5) is 31.5. The molecule has 5 rings (SSSR count). The predicted octanol–water partition coefficient (Wildman–Crippen LogP) is 2.55. The third-order valence-electron chi connectivity index (χ3n) is 6.14. The minimum absolute atomic E-state index is 0.0877. The number of pyridine rings is 2. The number of morpholine rings is 1. The van der Waals surface area contributed by atoms with Crippen molar-refractivity contribution in [2.75, 3.05) is 50.0 Å². The van der Waals surface area contributed by atoms with Gasteiger partial charge in [0.25, 0.3) is 15.6 Å². The summed E-state index contributed by atoms with van der Waals surface area (Å²) in [5.74, 6) is -0.215. The number of sulfonamides is 1. The average molecular weight is 589 g/mol. The molecule has 1 fully saturated rings. The summed E-state index contributed by atoms with van der Waals surface area (Å²) < 4.78 is 45.3. The van der Waals surface area contributed by atoms with E-state index in [2.05, 4.69) is 20.5 Å². The number of benzene rings is 1. The average Bonchev–Trinajstić information content (AvgIpc) is 3.37. The lowest BCUT2D eigenvalue weighted by atomic mass is 10.1. The second-order valence-corrected chi connectivity index (χ2v) is 11.8. The van der Waals surface area contributed by atoms with E-state index in [1.807, 2.05) is 6.07 Å². The van der Waals surface area contributed by atoms with Gasteiger partial charge in [0, 0.05) is 43.3 Å². The molecule has 2 amide bonds. The van der Waals surface area contributed by atoms with Gasteiger partial charge in [0.05, 0.1) is 25.1 Å². The second kappa shape index (κ2) is 11.6. The molecule has 0 unspecified atom stereocenters. The summed E-state index contributed by atoms with van der Waals surface area (Å²) in [6.45, 7) is 4.82. The number of nitrogens with one attached hydrogen (secondary N) is 3. The molecule has 15 heteroatoms. The van der Waals surface area contributed by atoms with Crippen molar-refractivity contribution in [2.45, 2.75) is 4.21 Å². The van der Waals surface area contributed by atoms with E-state index in [0.29, 0.717) is 22.1 Å². The normalized spacial score (nSPS) is 14.2. The van der Waals surface area contributed by atoms with Gasteiger partial charge in [0.2, 0.25) is 5.88 Å². The number of carbonyl (C=O) groups excluding carboxylic acids is 1. The third-order valence-corrected chi connectivity index (χ3v) is 8.84. The number of hydrogen-bond donors (Lipinski definition) is 4. The van der Waals surface area contributed by atoms with Crippen LogP contribution in [0.5, 0.6) is 5.88 Å². The van der Waals surface area contributed by atoms with Gasteiger partial charge < -0.3 is 20.5 Å². The topological polar surface area (TPSA) is 155 Å². The number of ether oxygens (including phenoxy) is 1. The number of fused-ring (bicyclic) bond motifs is 1. The number of anilines is 2. The maximum atomic E-state index is 13.2. The number of urea groups is 1. The zero-order chi connectivity index (χ0) is 28.3. The highest BCUT2D eigenvalue weighted by atomic mass is 32.2. The van der Waals surface area contributed by atoms with Gasteiger partial charge in [-0.05, 0) is 47.9 Å². The fraction of sp³-hybridized carbons (Fsp3) is 0.240. The van der Waals surface area contributed by atoms with Gasteiger partial charge in [-0.1, -0.05) is 11.3 Å². The lowest BCUT2D eigenvalue weighted by Gasteiger charge is -2.26. The number of aromatic nitrogens is 2. The Kier molecular flexibility index (Phi) is 7.97. The molecule has 0 aliphatic carbocycles. The van der Waals surface area contributed by atoms with Gasteiger partial charge in [0.15, 0.2) is 5.13 Å². The van der Waals surface area contributed by atoms with E-state index >= 15 is 0 Å². The summed E-state index contributed by atoms with van der Waals surface area (Å²) in [7, 11) is -4.25. The molecule has 1 saturated heterocycles. The second-order valence-electron chi connectivity index (χ2n) is 8.85. The largest absolute Gasteiger partial charge is 0.494 e. The maximum Gasteiger partial charge on any atom is 0.333 e. The minimum Gasteiger partial charge on any atom is -0.494 e. The van der Waals surface area contributed by atoms with E-state index in [-0.39, 0.29) is 21.6 Å². The minimum atomic E-state index is -4.25. The molecule has 40 heavy (non-hydrogen) atoms. The molecule has 4 heterocycles. The van der Waals surface area contributed by atoms with Crippen molar-refractivity contribution in [1.29, 1.82) is 0 Å². The Labute approximate surface area is 232 Å². The van der Waals surface area contributed by atoms with Crippen LogP contribution in [0.25, 0.3) is 16.6 Å². The molecule has 0 spiro atoms. The van der Waals surface area contributed by atoms with Crippen LogP contribution in [0.2, 0.25) is 0 Å². The Morgan fingerprint density at radius 1 is 1.10 bits per heavy atom. The number of amides is 2. The third kappa shape index (κ3) is 6.22. The number of carbonyl (C=O) groups is 1. The van der Waals surface area contributed by atoms with Gasteiger partial charge in [-0.2, -0.15) is 4.39 Å². The lowest BCUT2D eigenvalue weighted by molar-refractivity contribution is 0.0398. The van der Waals surface area contributed by atoms with Gasteiger partial charge in [0.1, 0.15) is 10.0 Å². The Balaban J connectivity index is 1.26. The van der Waals surface area contributed by atoms with Gasteiger partial charge in [-0.15, -0.1) is 0 Å². The van der Waals surface area contributed by atoms with Crippen molar-refractivity contribution >= 4 is 49.5 Å². The predicted molar refractivity (Wildman–Crippen MR) is 148 cm³/mol. The van der Waals surface area contributed by atoms with Crippen LogP contribution in [0, 0.1) is 5.13 Å². The summed E-state index contributed by atoms with van der Waals surface area (Å²) >= 11 is 0.381. The first-order valence-electron chi connectivity index (χ1n) is 12.2. The number of thiophene rings is 1. The Hall–Kier alpha value is -4.05. The molecule has 0 radical (unpaired) electrons. The first kappa shape index (κ1) is 27.5. The molecule has 0 atom stereocenters. The molecule has 3 aromatic heterocycles. The molecular weight excluding hydrogens is 563 g/mol. The molecule has 1 aliphatic rings. The molecule has 210 valence electrons. The Bertz CT molecular complexity index is 1700. The van der Waals surface area contributed by atoms with Crippen LogP contribution in [-0.4, -0.2) is 73.4 Å². The Morgan fingerprint density at radius 2 is 1.88 bits per heavy atom. The fourth-order valence-corrected chi connectivity index (χ4v) is 6.10. The van der Waals surface area contributed by atoms with E-state index in [1.54, 1.807) is 16.9 Å². The number of halogens is 1. The monoisotopic (exact) mass is 588 g/mol. The standard InChI is InChI=1S/C25H25FN6O6S2/c26-20-4-6-23(39-20)40(36,37)30-25(35)29-18-2-5-21(28-15-18)32-22(33)14-16-13-17(1-3-19(16)24(32)34)27-7-8-31-9-11-38-12-10-31/h1-6,13-15,27,34H,7-12H2,(H2,29,30,35). The number of rotatable bonds is 8. The van der Waals surface area contributed by atoms with Gasteiger partial charge >= 0.3 is 6.03 Å².